The molecule has 1 fully saturated rings. The Morgan fingerprint density at radius 1 is 1.03 bits per heavy atom. The van der Waals surface area contributed by atoms with Crippen LogP contribution in [0.2, 0.25) is 0 Å². The van der Waals surface area contributed by atoms with Crippen molar-refractivity contribution in [1.29, 1.82) is 0 Å². The van der Waals surface area contributed by atoms with E-state index < -0.39 is 24.4 Å². The van der Waals surface area contributed by atoms with Crippen molar-refractivity contribution < 1.29 is 28.2 Å². The number of rotatable bonds is 8. The Bertz CT molecular complexity index is 1320. The van der Waals surface area contributed by atoms with Crippen molar-refractivity contribution in [3.8, 4) is 11.5 Å². The molecule has 4 rings (SSSR count). The van der Waals surface area contributed by atoms with Crippen LogP contribution in [0.4, 0.5) is 14.9 Å². The molecule has 0 atom stereocenters. The zero-order chi connectivity index (χ0) is 25.7. The van der Waals surface area contributed by atoms with Crippen LogP contribution in [0.3, 0.4) is 0 Å². The number of anilines is 1. The molecule has 0 aromatic heterocycles. The average Bonchev–Trinajstić information content (AvgIpc) is 3.12. The van der Waals surface area contributed by atoms with E-state index in [0.29, 0.717) is 22.7 Å². The summed E-state index contributed by atoms with van der Waals surface area (Å²) in [6.07, 6.45) is 1.49. The van der Waals surface area contributed by atoms with Gasteiger partial charge in [0.05, 0.1) is 7.11 Å². The Kier molecular flexibility index (Phi) is 7.29. The Balaban J connectivity index is 1.42. The summed E-state index contributed by atoms with van der Waals surface area (Å²) in [5.41, 5.74) is 3.01. The summed E-state index contributed by atoms with van der Waals surface area (Å²) in [6, 6.07) is 17.5. The largest absolute Gasteiger partial charge is 0.493 e. The number of hydrogen-bond donors (Lipinski definition) is 2. The molecule has 3 aromatic rings. The summed E-state index contributed by atoms with van der Waals surface area (Å²) in [5, 5.41) is 5.17. The molecule has 1 heterocycles. The van der Waals surface area contributed by atoms with Gasteiger partial charge in [-0.3, -0.25) is 9.59 Å². The van der Waals surface area contributed by atoms with E-state index in [1.54, 1.807) is 42.5 Å². The van der Waals surface area contributed by atoms with Crippen LogP contribution >= 0.6 is 0 Å². The fourth-order valence-corrected chi connectivity index (χ4v) is 3.50. The minimum Gasteiger partial charge on any atom is -0.493 e. The first-order chi connectivity index (χ1) is 17.3. The van der Waals surface area contributed by atoms with E-state index in [0.717, 1.165) is 16.0 Å². The summed E-state index contributed by atoms with van der Waals surface area (Å²) >= 11 is 0. The van der Waals surface area contributed by atoms with Gasteiger partial charge in [-0.25, -0.2) is 14.1 Å². The second-order valence-corrected chi connectivity index (χ2v) is 8.12. The molecule has 1 aliphatic rings. The molecular formula is C27H24FN3O5. The molecule has 0 bridgehead atoms. The average molecular weight is 490 g/mol. The first kappa shape index (κ1) is 24.5. The molecule has 1 saturated heterocycles. The van der Waals surface area contributed by atoms with Crippen LogP contribution in [0, 0.1) is 12.7 Å². The second kappa shape index (κ2) is 10.7. The van der Waals surface area contributed by atoms with E-state index in [1.807, 2.05) is 19.1 Å². The molecule has 0 radical (unpaired) electrons. The van der Waals surface area contributed by atoms with E-state index in [9.17, 15) is 18.8 Å². The monoisotopic (exact) mass is 489 g/mol. The maximum absolute atomic E-state index is 13.1. The molecule has 0 saturated carbocycles. The molecule has 1 aliphatic heterocycles. The molecule has 36 heavy (non-hydrogen) atoms. The molecule has 2 N–H and O–H groups in total. The smallest absolute Gasteiger partial charge is 0.329 e. The van der Waals surface area contributed by atoms with Crippen molar-refractivity contribution in [2.24, 2.45) is 0 Å². The number of halogens is 1. The fraction of sp³-hybridized carbons (Fsp3) is 0.148. The van der Waals surface area contributed by atoms with Gasteiger partial charge in [-0.15, -0.1) is 0 Å². The normalized spacial score (nSPS) is 14.1. The maximum Gasteiger partial charge on any atom is 0.329 e. The van der Waals surface area contributed by atoms with Gasteiger partial charge in [-0.2, -0.15) is 0 Å². The number of methoxy groups -OCH3 is 1. The minimum atomic E-state index is -0.684. The van der Waals surface area contributed by atoms with Gasteiger partial charge in [0, 0.05) is 5.69 Å². The third-order valence-corrected chi connectivity index (χ3v) is 5.41. The lowest BCUT2D eigenvalue weighted by atomic mass is 10.1. The van der Waals surface area contributed by atoms with Gasteiger partial charge < -0.3 is 20.1 Å². The lowest BCUT2D eigenvalue weighted by Gasteiger charge is -2.12. The highest BCUT2D eigenvalue weighted by Gasteiger charge is 2.35. The highest BCUT2D eigenvalue weighted by molar-refractivity contribution is 6.15. The highest BCUT2D eigenvalue weighted by Crippen LogP contribution is 2.30. The zero-order valence-electron chi connectivity index (χ0n) is 19.7. The summed E-state index contributed by atoms with van der Waals surface area (Å²) in [4.78, 5) is 38.3. The molecule has 4 amide bonds. The Morgan fingerprint density at radius 3 is 2.44 bits per heavy atom. The first-order valence-electron chi connectivity index (χ1n) is 11.1. The molecular weight excluding hydrogens is 465 g/mol. The molecule has 184 valence electrons. The molecule has 0 spiro atoms. The quantitative estimate of drug-likeness (QED) is 0.364. The van der Waals surface area contributed by atoms with Gasteiger partial charge in [0.15, 0.2) is 11.5 Å². The van der Waals surface area contributed by atoms with Gasteiger partial charge in [-0.05, 0) is 60.5 Å². The predicted molar refractivity (Wildman–Crippen MR) is 132 cm³/mol. The SMILES string of the molecule is COc1cc(/C=C2\NC(=O)N(CC(=O)Nc3ccc(C)cc3)C2=O)ccc1OCc1ccc(F)cc1. The van der Waals surface area contributed by atoms with E-state index in [1.165, 1.54) is 25.3 Å². The third kappa shape index (κ3) is 5.87. The number of nitrogens with one attached hydrogen (secondary N) is 2. The van der Waals surface area contributed by atoms with Crippen molar-refractivity contribution in [3.63, 3.8) is 0 Å². The number of benzene rings is 3. The van der Waals surface area contributed by atoms with E-state index in [4.69, 9.17) is 9.47 Å². The number of hydrogen-bond acceptors (Lipinski definition) is 5. The van der Waals surface area contributed by atoms with Crippen LogP contribution in [-0.4, -0.2) is 36.4 Å². The van der Waals surface area contributed by atoms with Gasteiger partial charge in [-0.1, -0.05) is 35.9 Å². The number of nitrogens with zero attached hydrogens (tertiary/aromatic N) is 1. The fourth-order valence-electron chi connectivity index (χ4n) is 3.50. The van der Waals surface area contributed by atoms with Crippen molar-refractivity contribution >= 4 is 29.6 Å². The van der Waals surface area contributed by atoms with E-state index >= 15 is 0 Å². The van der Waals surface area contributed by atoms with Crippen LogP contribution in [0.5, 0.6) is 11.5 Å². The van der Waals surface area contributed by atoms with E-state index in [-0.39, 0.29) is 18.1 Å². The first-order valence-corrected chi connectivity index (χ1v) is 11.1. The number of urea groups is 1. The summed E-state index contributed by atoms with van der Waals surface area (Å²) in [7, 11) is 1.48. The molecule has 0 aliphatic carbocycles. The van der Waals surface area contributed by atoms with Crippen LogP contribution in [0.1, 0.15) is 16.7 Å². The zero-order valence-corrected chi connectivity index (χ0v) is 19.7. The van der Waals surface area contributed by atoms with E-state index in [2.05, 4.69) is 10.6 Å². The maximum atomic E-state index is 13.1. The van der Waals surface area contributed by atoms with Gasteiger partial charge in [0.2, 0.25) is 5.91 Å². The highest BCUT2D eigenvalue weighted by atomic mass is 19.1. The van der Waals surface area contributed by atoms with Gasteiger partial charge in [0.25, 0.3) is 5.91 Å². The van der Waals surface area contributed by atoms with Gasteiger partial charge >= 0.3 is 6.03 Å². The standard InChI is InChI=1S/C27H24FN3O5/c1-17-3-10-21(11-4-17)29-25(32)15-31-26(33)22(30-27(31)34)13-19-7-12-23(24(14-19)35-2)36-16-18-5-8-20(28)9-6-18/h3-14H,15-16H2,1-2H3,(H,29,32)(H,30,34)/b22-13-. The third-order valence-electron chi connectivity index (χ3n) is 5.41. The van der Waals surface area contributed by atoms with Crippen molar-refractivity contribution in [2.75, 3.05) is 19.0 Å². The minimum absolute atomic E-state index is 0.0326. The van der Waals surface area contributed by atoms with Crippen molar-refractivity contribution in [1.82, 2.24) is 10.2 Å². The van der Waals surface area contributed by atoms with Crippen LogP contribution in [0.25, 0.3) is 6.08 Å². The predicted octanol–water partition coefficient (Wildman–Crippen LogP) is 4.25. The number of ether oxygens (including phenoxy) is 2. The van der Waals surface area contributed by atoms with Gasteiger partial charge in [0.1, 0.15) is 24.7 Å². The second-order valence-electron chi connectivity index (χ2n) is 8.12. The summed E-state index contributed by atoms with van der Waals surface area (Å²) in [6.45, 7) is 1.72. The van der Waals surface area contributed by atoms with Crippen molar-refractivity contribution in [2.45, 2.75) is 13.5 Å². The number of aryl methyl sites for hydroxylation is 1. The lowest BCUT2D eigenvalue weighted by Crippen LogP contribution is -2.38. The number of imide groups is 1. The Morgan fingerprint density at radius 2 is 1.75 bits per heavy atom. The molecule has 9 heteroatoms. The molecule has 8 nitrogen and oxygen atoms in total. The van der Waals surface area contributed by atoms with Crippen LogP contribution in [-0.2, 0) is 16.2 Å². The Labute approximate surface area is 207 Å². The summed E-state index contributed by atoms with van der Waals surface area (Å²) < 4.78 is 24.2. The Hall–Kier alpha value is -4.66. The summed E-state index contributed by atoms with van der Waals surface area (Å²) in [5.74, 6) is -0.562. The van der Waals surface area contributed by atoms with Crippen LogP contribution < -0.4 is 20.1 Å². The number of carbonyl (C=O) groups is 3. The van der Waals surface area contributed by atoms with Crippen LogP contribution in [0.15, 0.2) is 72.4 Å². The molecule has 3 aromatic carbocycles. The van der Waals surface area contributed by atoms with Crippen molar-refractivity contribution in [3.05, 3.63) is 94.9 Å². The lowest BCUT2D eigenvalue weighted by molar-refractivity contribution is -0.127. The molecule has 0 unspecified atom stereocenters. The number of amides is 4. The number of carbonyl (C=O) groups excluding carboxylic acids is 3. The topological polar surface area (TPSA) is 97.0 Å².